The number of aliphatic carboxylic acids is 1. The molecule has 0 amide bonds. The molecule has 2 fully saturated rings. The maximum absolute atomic E-state index is 11.5. The highest BCUT2D eigenvalue weighted by Gasteiger charge is 2.37. The molecule has 2 saturated carbocycles. The first-order valence-corrected chi connectivity index (χ1v) is 8.66. The SMILES string of the molecule is CCC1CCCC(OCCCC(C)(NC2CC2)C(=O)O)C1. The van der Waals surface area contributed by atoms with Gasteiger partial charge in [-0.05, 0) is 51.4 Å². The van der Waals surface area contributed by atoms with Crippen molar-refractivity contribution in [1.29, 1.82) is 0 Å². The Hall–Kier alpha value is -0.610. The summed E-state index contributed by atoms with van der Waals surface area (Å²) in [5.74, 6) is 0.0858. The van der Waals surface area contributed by atoms with Crippen LogP contribution in [0.1, 0.15) is 71.6 Å². The molecule has 0 aromatic heterocycles. The minimum atomic E-state index is -0.789. The molecule has 0 heterocycles. The Balaban J connectivity index is 1.66. The minimum Gasteiger partial charge on any atom is -0.480 e. The van der Waals surface area contributed by atoms with Crippen molar-refractivity contribution in [2.45, 2.75) is 89.3 Å². The van der Waals surface area contributed by atoms with E-state index in [9.17, 15) is 9.90 Å². The first kappa shape index (κ1) is 16.8. The molecule has 0 aromatic rings. The third-order valence-corrected chi connectivity index (χ3v) is 5.06. The predicted octanol–water partition coefficient (Wildman–Crippen LogP) is 3.35. The highest BCUT2D eigenvalue weighted by molar-refractivity contribution is 5.78. The predicted molar refractivity (Wildman–Crippen MR) is 83.4 cm³/mol. The van der Waals surface area contributed by atoms with Gasteiger partial charge in [0.1, 0.15) is 5.54 Å². The highest BCUT2D eigenvalue weighted by atomic mass is 16.5. The van der Waals surface area contributed by atoms with E-state index in [0.717, 1.165) is 25.2 Å². The molecule has 3 atom stereocenters. The number of hydrogen-bond acceptors (Lipinski definition) is 3. The second-order valence-corrected chi connectivity index (χ2v) is 7.09. The van der Waals surface area contributed by atoms with Crippen LogP contribution < -0.4 is 5.32 Å². The summed E-state index contributed by atoms with van der Waals surface area (Å²) in [5, 5.41) is 12.7. The van der Waals surface area contributed by atoms with E-state index >= 15 is 0 Å². The van der Waals surface area contributed by atoms with Gasteiger partial charge in [-0.15, -0.1) is 0 Å². The highest BCUT2D eigenvalue weighted by Crippen LogP contribution is 2.29. The van der Waals surface area contributed by atoms with Crippen LogP contribution in [-0.2, 0) is 9.53 Å². The molecular formula is C17H31NO3. The van der Waals surface area contributed by atoms with Gasteiger partial charge in [-0.2, -0.15) is 0 Å². The van der Waals surface area contributed by atoms with Crippen molar-refractivity contribution < 1.29 is 14.6 Å². The summed E-state index contributed by atoms with van der Waals surface area (Å²) in [6.07, 6.45) is 10.3. The number of ether oxygens (including phenoxy) is 1. The lowest BCUT2D eigenvalue weighted by Gasteiger charge is -2.29. The summed E-state index contributed by atoms with van der Waals surface area (Å²) in [5.41, 5.74) is -0.789. The Labute approximate surface area is 128 Å². The summed E-state index contributed by atoms with van der Waals surface area (Å²) < 4.78 is 5.99. The van der Waals surface area contributed by atoms with E-state index in [4.69, 9.17) is 4.74 Å². The molecule has 0 bridgehead atoms. The van der Waals surface area contributed by atoms with Crippen molar-refractivity contribution in [2.75, 3.05) is 6.61 Å². The summed E-state index contributed by atoms with van der Waals surface area (Å²) in [7, 11) is 0. The number of carboxylic acid groups (broad SMARTS) is 1. The van der Waals surface area contributed by atoms with Crippen LogP contribution in [0.2, 0.25) is 0 Å². The Kier molecular flexibility index (Phi) is 6.06. The van der Waals surface area contributed by atoms with Crippen LogP contribution in [0.25, 0.3) is 0 Å². The van der Waals surface area contributed by atoms with Crippen LogP contribution >= 0.6 is 0 Å². The number of carbonyl (C=O) groups is 1. The quantitative estimate of drug-likeness (QED) is 0.641. The van der Waals surface area contributed by atoms with E-state index in [1.165, 1.54) is 32.1 Å². The van der Waals surface area contributed by atoms with E-state index in [2.05, 4.69) is 12.2 Å². The molecule has 0 saturated heterocycles. The zero-order chi connectivity index (χ0) is 15.3. The molecule has 2 N–H and O–H groups in total. The van der Waals surface area contributed by atoms with E-state index in [0.29, 0.717) is 25.2 Å². The average molecular weight is 297 g/mol. The van der Waals surface area contributed by atoms with Crippen molar-refractivity contribution >= 4 is 5.97 Å². The molecule has 0 aliphatic heterocycles. The van der Waals surface area contributed by atoms with Gasteiger partial charge >= 0.3 is 5.97 Å². The Bertz CT molecular complexity index is 343. The molecule has 122 valence electrons. The van der Waals surface area contributed by atoms with Gasteiger partial charge in [0.2, 0.25) is 0 Å². The molecule has 4 nitrogen and oxygen atoms in total. The van der Waals surface area contributed by atoms with Gasteiger partial charge < -0.3 is 9.84 Å². The van der Waals surface area contributed by atoms with Crippen molar-refractivity contribution in [1.82, 2.24) is 5.32 Å². The zero-order valence-corrected chi connectivity index (χ0v) is 13.6. The topological polar surface area (TPSA) is 58.6 Å². The molecule has 21 heavy (non-hydrogen) atoms. The summed E-state index contributed by atoms with van der Waals surface area (Å²) >= 11 is 0. The van der Waals surface area contributed by atoms with Crippen molar-refractivity contribution in [3.05, 3.63) is 0 Å². The standard InChI is InChI=1S/C17H31NO3/c1-3-13-6-4-7-15(12-13)21-11-5-10-17(2,16(19)20)18-14-8-9-14/h13-15,18H,3-12H2,1-2H3,(H,19,20). The number of carboxylic acids is 1. The molecule has 2 rings (SSSR count). The van der Waals surface area contributed by atoms with Crippen LogP contribution in [0.3, 0.4) is 0 Å². The van der Waals surface area contributed by atoms with Gasteiger partial charge in [0.15, 0.2) is 0 Å². The molecule has 0 aromatic carbocycles. The third-order valence-electron chi connectivity index (χ3n) is 5.06. The Morgan fingerprint density at radius 2 is 2.10 bits per heavy atom. The number of rotatable bonds is 9. The number of hydrogen-bond donors (Lipinski definition) is 2. The fourth-order valence-corrected chi connectivity index (χ4v) is 3.36. The van der Waals surface area contributed by atoms with E-state index in [1.54, 1.807) is 6.92 Å². The molecule has 0 spiro atoms. The lowest BCUT2D eigenvalue weighted by Crippen LogP contribution is -2.50. The van der Waals surface area contributed by atoms with Crippen LogP contribution in [-0.4, -0.2) is 35.4 Å². The van der Waals surface area contributed by atoms with Gasteiger partial charge in [0, 0.05) is 12.6 Å². The van der Waals surface area contributed by atoms with E-state index in [1.807, 2.05) is 0 Å². The van der Waals surface area contributed by atoms with Crippen LogP contribution in [0.15, 0.2) is 0 Å². The fraction of sp³-hybridized carbons (Fsp3) is 0.941. The van der Waals surface area contributed by atoms with Crippen LogP contribution in [0, 0.1) is 5.92 Å². The van der Waals surface area contributed by atoms with Crippen molar-refractivity contribution in [2.24, 2.45) is 5.92 Å². The Morgan fingerprint density at radius 1 is 1.33 bits per heavy atom. The molecular weight excluding hydrogens is 266 g/mol. The van der Waals surface area contributed by atoms with Gasteiger partial charge in [-0.3, -0.25) is 10.1 Å². The first-order valence-electron chi connectivity index (χ1n) is 8.66. The summed E-state index contributed by atoms with van der Waals surface area (Å²) in [4.78, 5) is 11.5. The third kappa shape index (κ3) is 5.26. The van der Waals surface area contributed by atoms with Crippen molar-refractivity contribution in [3.63, 3.8) is 0 Å². The molecule has 2 aliphatic carbocycles. The molecule has 0 radical (unpaired) electrons. The van der Waals surface area contributed by atoms with Gasteiger partial charge in [0.25, 0.3) is 0 Å². The zero-order valence-electron chi connectivity index (χ0n) is 13.6. The summed E-state index contributed by atoms with van der Waals surface area (Å²) in [6.45, 7) is 4.76. The molecule has 4 heteroatoms. The number of nitrogens with one attached hydrogen (secondary N) is 1. The molecule has 2 aliphatic rings. The fourth-order valence-electron chi connectivity index (χ4n) is 3.36. The normalized spacial score (nSPS) is 29.0. The Morgan fingerprint density at radius 3 is 2.71 bits per heavy atom. The molecule has 3 unspecified atom stereocenters. The maximum Gasteiger partial charge on any atom is 0.323 e. The second-order valence-electron chi connectivity index (χ2n) is 7.09. The lowest BCUT2D eigenvalue weighted by molar-refractivity contribution is -0.144. The lowest BCUT2D eigenvalue weighted by atomic mass is 9.85. The average Bonchev–Trinajstić information content (AvgIpc) is 3.27. The smallest absolute Gasteiger partial charge is 0.323 e. The van der Waals surface area contributed by atoms with Crippen LogP contribution in [0.4, 0.5) is 0 Å². The maximum atomic E-state index is 11.5. The minimum absolute atomic E-state index is 0.399. The first-order chi connectivity index (χ1) is 10.0. The monoisotopic (exact) mass is 297 g/mol. The largest absolute Gasteiger partial charge is 0.480 e. The van der Waals surface area contributed by atoms with E-state index in [-0.39, 0.29) is 0 Å². The van der Waals surface area contributed by atoms with Gasteiger partial charge in [-0.1, -0.05) is 26.2 Å². The van der Waals surface area contributed by atoms with Crippen molar-refractivity contribution in [3.8, 4) is 0 Å². The van der Waals surface area contributed by atoms with Crippen LogP contribution in [0.5, 0.6) is 0 Å². The summed E-state index contributed by atoms with van der Waals surface area (Å²) in [6, 6.07) is 0.413. The van der Waals surface area contributed by atoms with E-state index < -0.39 is 11.5 Å². The van der Waals surface area contributed by atoms with Gasteiger partial charge in [-0.25, -0.2) is 0 Å². The van der Waals surface area contributed by atoms with Gasteiger partial charge in [0.05, 0.1) is 6.10 Å². The second kappa shape index (κ2) is 7.59.